The molecule has 0 atom stereocenters. The molecule has 20 heavy (non-hydrogen) atoms. The molecule has 0 fully saturated rings. The number of fused-ring (bicyclic) bond motifs is 1. The summed E-state index contributed by atoms with van der Waals surface area (Å²) in [6.45, 7) is 3.22. The van der Waals surface area contributed by atoms with Crippen molar-refractivity contribution in [1.29, 1.82) is 0 Å². The van der Waals surface area contributed by atoms with Gasteiger partial charge in [0.05, 0.1) is 0 Å². The van der Waals surface area contributed by atoms with Gasteiger partial charge in [-0.3, -0.25) is 0 Å². The van der Waals surface area contributed by atoms with Crippen LogP contribution in [0.5, 0.6) is 0 Å². The van der Waals surface area contributed by atoms with E-state index in [1.165, 1.54) is 11.3 Å². The van der Waals surface area contributed by atoms with Gasteiger partial charge in [0.15, 0.2) is 5.82 Å². The SMILES string of the molecule is CCCc1cc(N)nc(-c2ccc3c(c2)CCN3C)n1. The standard InChI is InChI=1S/C16H20N4/c1-3-4-13-10-15(17)19-16(18-13)12-5-6-14-11(9-12)7-8-20(14)2/h5-6,9-10H,3-4,7-8H2,1-2H3,(H2,17,18,19). The molecule has 0 bridgehead atoms. The number of nitrogens with zero attached hydrogens (tertiary/aromatic N) is 3. The zero-order valence-corrected chi connectivity index (χ0v) is 12.1. The number of rotatable bonds is 3. The second-order valence-corrected chi connectivity index (χ2v) is 5.37. The molecule has 2 N–H and O–H groups in total. The second kappa shape index (κ2) is 5.12. The Kier molecular flexibility index (Phi) is 3.30. The van der Waals surface area contributed by atoms with E-state index in [1.807, 2.05) is 6.07 Å². The third kappa shape index (κ3) is 2.33. The predicted octanol–water partition coefficient (Wildman–Crippen LogP) is 2.67. The molecular weight excluding hydrogens is 248 g/mol. The number of nitrogen functional groups attached to an aromatic ring is 1. The Morgan fingerprint density at radius 3 is 2.90 bits per heavy atom. The Bertz CT molecular complexity index is 636. The van der Waals surface area contributed by atoms with Gasteiger partial charge >= 0.3 is 0 Å². The Labute approximate surface area is 119 Å². The first kappa shape index (κ1) is 12.9. The van der Waals surface area contributed by atoms with Crippen molar-refractivity contribution in [3.63, 3.8) is 0 Å². The minimum absolute atomic E-state index is 0.552. The number of benzene rings is 1. The van der Waals surface area contributed by atoms with Crippen molar-refractivity contribution in [2.75, 3.05) is 24.2 Å². The number of nitrogens with two attached hydrogens (primary N) is 1. The molecular formula is C16H20N4. The van der Waals surface area contributed by atoms with E-state index in [9.17, 15) is 0 Å². The first-order valence-electron chi connectivity index (χ1n) is 7.15. The number of aryl methyl sites for hydroxylation is 1. The fraction of sp³-hybridized carbons (Fsp3) is 0.375. The van der Waals surface area contributed by atoms with Gasteiger partial charge in [0, 0.05) is 36.6 Å². The fourth-order valence-corrected chi connectivity index (χ4v) is 2.74. The van der Waals surface area contributed by atoms with Crippen LogP contribution in [0.1, 0.15) is 24.6 Å². The van der Waals surface area contributed by atoms with Crippen LogP contribution in [0.3, 0.4) is 0 Å². The largest absolute Gasteiger partial charge is 0.384 e. The van der Waals surface area contributed by atoms with E-state index in [0.29, 0.717) is 5.82 Å². The third-order valence-electron chi connectivity index (χ3n) is 3.77. The lowest BCUT2D eigenvalue weighted by atomic mass is 10.1. The smallest absolute Gasteiger partial charge is 0.161 e. The summed E-state index contributed by atoms with van der Waals surface area (Å²) >= 11 is 0. The van der Waals surface area contributed by atoms with Crippen LogP contribution in [0, 0.1) is 0 Å². The molecule has 1 aromatic heterocycles. The lowest BCUT2D eigenvalue weighted by Gasteiger charge is -2.12. The van der Waals surface area contributed by atoms with Gasteiger partial charge in [0.1, 0.15) is 5.82 Å². The van der Waals surface area contributed by atoms with Gasteiger partial charge in [-0.1, -0.05) is 13.3 Å². The second-order valence-electron chi connectivity index (χ2n) is 5.37. The molecule has 0 amide bonds. The molecule has 4 heteroatoms. The maximum atomic E-state index is 5.90. The van der Waals surface area contributed by atoms with E-state index in [-0.39, 0.29) is 0 Å². The summed E-state index contributed by atoms with van der Waals surface area (Å²) in [6.07, 6.45) is 3.09. The summed E-state index contributed by atoms with van der Waals surface area (Å²) in [5.41, 5.74) is 10.7. The Morgan fingerprint density at radius 1 is 1.25 bits per heavy atom. The third-order valence-corrected chi connectivity index (χ3v) is 3.77. The number of hydrogen-bond donors (Lipinski definition) is 1. The molecule has 0 spiro atoms. The molecule has 2 heterocycles. The van der Waals surface area contributed by atoms with Crippen LogP contribution in [-0.4, -0.2) is 23.6 Å². The van der Waals surface area contributed by atoms with Crippen LogP contribution in [-0.2, 0) is 12.8 Å². The van der Waals surface area contributed by atoms with Crippen LogP contribution >= 0.6 is 0 Å². The number of likely N-dealkylation sites (N-methyl/N-ethyl adjacent to an activating group) is 1. The van der Waals surface area contributed by atoms with Gasteiger partial charge in [-0.25, -0.2) is 9.97 Å². The Hall–Kier alpha value is -2.10. The zero-order chi connectivity index (χ0) is 14.1. The lowest BCUT2D eigenvalue weighted by molar-refractivity contribution is 0.877. The predicted molar refractivity (Wildman–Crippen MR) is 82.8 cm³/mol. The highest BCUT2D eigenvalue weighted by Gasteiger charge is 2.16. The van der Waals surface area contributed by atoms with Gasteiger partial charge in [-0.05, 0) is 36.6 Å². The van der Waals surface area contributed by atoms with Crippen LogP contribution in [0.4, 0.5) is 11.5 Å². The molecule has 0 aliphatic carbocycles. The Morgan fingerprint density at radius 2 is 2.10 bits per heavy atom. The van der Waals surface area contributed by atoms with Crippen molar-refractivity contribution in [2.45, 2.75) is 26.2 Å². The molecule has 0 radical (unpaired) electrons. The van der Waals surface area contributed by atoms with Crippen molar-refractivity contribution in [2.24, 2.45) is 0 Å². The number of hydrogen-bond acceptors (Lipinski definition) is 4. The summed E-state index contributed by atoms with van der Waals surface area (Å²) in [6, 6.07) is 8.31. The normalized spacial score (nSPS) is 13.6. The maximum Gasteiger partial charge on any atom is 0.161 e. The van der Waals surface area contributed by atoms with Gasteiger partial charge in [-0.15, -0.1) is 0 Å². The van der Waals surface area contributed by atoms with E-state index in [1.54, 1.807) is 0 Å². The summed E-state index contributed by atoms with van der Waals surface area (Å²) in [4.78, 5) is 11.3. The molecule has 0 unspecified atom stereocenters. The molecule has 2 aromatic rings. The van der Waals surface area contributed by atoms with Gasteiger partial charge in [0.2, 0.25) is 0 Å². The van der Waals surface area contributed by atoms with Crippen LogP contribution < -0.4 is 10.6 Å². The highest BCUT2D eigenvalue weighted by Crippen LogP contribution is 2.30. The van der Waals surface area contributed by atoms with Crippen molar-refractivity contribution in [3.05, 3.63) is 35.5 Å². The van der Waals surface area contributed by atoms with Gasteiger partial charge in [0.25, 0.3) is 0 Å². The number of anilines is 2. The monoisotopic (exact) mass is 268 g/mol. The lowest BCUT2D eigenvalue weighted by Crippen LogP contribution is -2.12. The minimum Gasteiger partial charge on any atom is -0.384 e. The first-order chi connectivity index (χ1) is 9.67. The molecule has 3 rings (SSSR count). The van der Waals surface area contributed by atoms with Crippen LogP contribution in [0.15, 0.2) is 24.3 Å². The van der Waals surface area contributed by atoms with E-state index in [4.69, 9.17) is 5.73 Å². The summed E-state index contributed by atoms with van der Waals surface area (Å²) in [5, 5.41) is 0. The van der Waals surface area contributed by atoms with Crippen LogP contribution in [0.2, 0.25) is 0 Å². The summed E-state index contributed by atoms with van der Waals surface area (Å²) in [5.74, 6) is 1.29. The average Bonchev–Trinajstić information content (AvgIpc) is 2.80. The van der Waals surface area contributed by atoms with E-state index in [2.05, 4.69) is 47.0 Å². The highest BCUT2D eigenvalue weighted by molar-refractivity contribution is 5.67. The van der Waals surface area contributed by atoms with E-state index >= 15 is 0 Å². The van der Waals surface area contributed by atoms with E-state index in [0.717, 1.165) is 42.9 Å². The van der Waals surface area contributed by atoms with Gasteiger partial charge in [-0.2, -0.15) is 0 Å². The van der Waals surface area contributed by atoms with Crippen molar-refractivity contribution in [1.82, 2.24) is 9.97 Å². The first-order valence-corrected chi connectivity index (χ1v) is 7.15. The molecule has 0 saturated heterocycles. The fourth-order valence-electron chi connectivity index (χ4n) is 2.74. The van der Waals surface area contributed by atoms with Crippen molar-refractivity contribution in [3.8, 4) is 11.4 Å². The number of aromatic nitrogens is 2. The topological polar surface area (TPSA) is 55.0 Å². The van der Waals surface area contributed by atoms with Gasteiger partial charge < -0.3 is 10.6 Å². The van der Waals surface area contributed by atoms with Crippen molar-refractivity contribution < 1.29 is 0 Å². The molecule has 4 nitrogen and oxygen atoms in total. The maximum absolute atomic E-state index is 5.90. The van der Waals surface area contributed by atoms with Crippen molar-refractivity contribution >= 4 is 11.5 Å². The van der Waals surface area contributed by atoms with E-state index < -0.39 is 0 Å². The molecule has 0 saturated carbocycles. The highest BCUT2D eigenvalue weighted by atomic mass is 15.1. The quantitative estimate of drug-likeness (QED) is 0.930. The molecule has 1 aliphatic heterocycles. The summed E-state index contributed by atoms with van der Waals surface area (Å²) < 4.78 is 0. The minimum atomic E-state index is 0.552. The Balaban J connectivity index is 2.01. The average molecular weight is 268 g/mol. The molecule has 1 aliphatic rings. The zero-order valence-electron chi connectivity index (χ0n) is 12.1. The summed E-state index contributed by atoms with van der Waals surface area (Å²) in [7, 11) is 2.13. The molecule has 104 valence electrons. The molecule has 1 aromatic carbocycles. The van der Waals surface area contributed by atoms with Crippen LogP contribution in [0.25, 0.3) is 11.4 Å².